The van der Waals surface area contributed by atoms with Crippen molar-refractivity contribution < 1.29 is 14.3 Å². The van der Waals surface area contributed by atoms with Crippen molar-refractivity contribution in [3.05, 3.63) is 11.6 Å². The third-order valence-electron chi connectivity index (χ3n) is 4.67. The second-order valence-corrected chi connectivity index (χ2v) is 6.89. The first-order chi connectivity index (χ1) is 12.0. The van der Waals surface area contributed by atoms with Gasteiger partial charge in [0, 0.05) is 39.0 Å². The van der Waals surface area contributed by atoms with Crippen LogP contribution < -0.4 is 5.32 Å². The van der Waals surface area contributed by atoms with E-state index in [9.17, 15) is 9.59 Å². The molecule has 9 nitrogen and oxygen atoms in total. The second-order valence-electron chi connectivity index (χ2n) is 6.89. The van der Waals surface area contributed by atoms with Crippen LogP contribution in [0.4, 0.5) is 4.79 Å². The van der Waals surface area contributed by atoms with Crippen LogP contribution in [0.5, 0.6) is 0 Å². The van der Waals surface area contributed by atoms with Crippen molar-refractivity contribution in [3.8, 4) is 0 Å². The number of carbonyl (C=O) groups is 2. The minimum atomic E-state index is -0.203. The van der Waals surface area contributed by atoms with Gasteiger partial charge in [0.2, 0.25) is 5.91 Å². The summed E-state index contributed by atoms with van der Waals surface area (Å²) in [4.78, 5) is 27.8. The van der Waals surface area contributed by atoms with Crippen LogP contribution in [0.2, 0.25) is 0 Å². The molecule has 3 amide bonds. The molecule has 1 atom stereocenters. The molecule has 0 spiro atoms. The summed E-state index contributed by atoms with van der Waals surface area (Å²) in [5.41, 5.74) is 0. The van der Waals surface area contributed by atoms with Gasteiger partial charge >= 0.3 is 6.03 Å². The lowest BCUT2D eigenvalue weighted by Crippen LogP contribution is -2.44. The Bertz CT molecular complexity index is 644. The molecule has 0 aliphatic carbocycles. The zero-order valence-electron chi connectivity index (χ0n) is 15.1. The van der Waals surface area contributed by atoms with Gasteiger partial charge < -0.3 is 24.4 Å². The number of fused-ring (bicyclic) bond motifs is 1. The Morgan fingerprint density at radius 1 is 1.40 bits per heavy atom. The van der Waals surface area contributed by atoms with Crippen molar-refractivity contribution in [2.24, 2.45) is 0 Å². The molecule has 1 aromatic heterocycles. The van der Waals surface area contributed by atoms with E-state index in [2.05, 4.69) is 15.5 Å². The standard InChI is InChI=1S/C16H26N6O3/c1-11(2)22-9-12(8-15(22)23)17-16(24)20(3)10-14-19-18-13-4-6-25-7-5-21(13)14/h11-12H,4-10H2,1-3H3,(H,17,24). The molecule has 1 fully saturated rings. The number of carbonyl (C=O) groups excluding carboxylic acids is 2. The van der Waals surface area contributed by atoms with Crippen LogP contribution in [0.25, 0.3) is 0 Å². The molecule has 3 heterocycles. The third kappa shape index (κ3) is 3.92. The molecule has 1 unspecified atom stereocenters. The van der Waals surface area contributed by atoms with Crippen LogP contribution >= 0.6 is 0 Å². The van der Waals surface area contributed by atoms with E-state index >= 15 is 0 Å². The zero-order chi connectivity index (χ0) is 18.0. The molecular weight excluding hydrogens is 324 g/mol. The average molecular weight is 350 g/mol. The lowest BCUT2D eigenvalue weighted by molar-refractivity contribution is -0.129. The first-order valence-electron chi connectivity index (χ1n) is 8.75. The predicted octanol–water partition coefficient (Wildman–Crippen LogP) is 0.00150. The molecule has 2 aliphatic rings. The van der Waals surface area contributed by atoms with E-state index in [-0.39, 0.29) is 24.0 Å². The molecule has 3 rings (SSSR count). The number of nitrogens with one attached hydrogen (secondary N) is 1. The molecule has 9 heteroatoms. The van der Waals surface area contributed by atoms with Crippen LogP contribution in [0.3, 0.4) is 0 Å². The summed E-state index contributed by atoms with van der Waals surface area (Å²) >= 11 is 0. The lowest BCUT2D eigenvalue weighted by Gasteiger charge is -2.23. The maximum atomic E-state index is 12.4. The molecule has 1 N–H and O–H groups in total. The van der Waals surface area contributed by atoms with Crippen molar-refractivity contribution in [1.82, 2.24) is 29.9 Å². The fraction of sp³-hybridized carbons (Fsp3) is 0.750. The summed E-state index contributed by atoms with van der Waals surface area (Å²) in [6.45, 7) is 6.87. The van der Waals surface area contributed by atoms with E-state index in [0.29, 0.717) is 39.3 Å². The molecule has 0 saturated carbocycles. The van der Waals surface area contributed by atoms with E-state index in [4.69, 9.17) is 4.74 Å². The van der Waals surface area contributed by atoms with Crippen molar-refractivity contribution in [1.29, 1.82) is 0 Å². The first-order valence-corrected chi connectivity index (χ1v) is 8.75. The minimum absolute atomic E-state index is 0.0886. The highest BCUT2D eigenvalue weighted by atomic mass is 16.5. The van der Waals surface area contributed by atoms with Gasteiger partial charge in [-0.1, -0.05) is 0 Å². The number of hydrogen-bond donors (Lipinski definition) is 1. The maximum absolute atomic E-state index is 12.4. The van der Waals surface area contributed by atoms with Crippen LogP contribution in [-0.2, 0) is 29.0 Å². The first kappa shape index (κ1) is 17.7. The fourth-order valence-electron chi connectivity index (χ4n) is 3.25. The van der Waals surface area contributed by atoms with Crippen LogP contribution in [0.15, 0.2) is 0 Å². The Kier molecular flexibility index (Phi) is 5.22. The highest BCUT2D eigenvalue weighted by Crippen LogP contribution is 2.15. The predicted molar refractivity (Wildman–Crippen MR) is 89.8 cm³/mol. The van der Waals surface area contributed by atoms with Crippen molar-refractivity contribution in [3.63, 3.8) is 0 Å². The summed E-state index contributed by atoms with van der Waals surface area (Å²) in [5.74, 6) is 1.74. The molecule has 25 heavy (non-hydrogen) atoms. The molecule has 2 aliphatic heterocycles. The SMILES string of the molecule is CC(C)N1CC(NC(=O)N(C)Cc2nnc3n2CCOCC3)CC1=O. The second kappa shape index (κ2) is 7.38. The molecule has 0 aromatic carbocycles. The number of amides is 3. The van der Waals surface area contributed by atoms with Crippen LogP contribution in [0, 0.1) is 0 Å². The highest BCUT2D eigenvalue weighted by Gasteiger charge is 2.32. The van der Waals surface area contributed by atoms with Gasteiger partial charge in [0.15, 0.2) is 5.82 Å². The number of ether oxygens (including phenoxy) is 1. The van der Waals surface area contributed by atoms with E-state index < -0.39 is 0 Å². The molecule has 0 radical (unpaired) electrons. The number of nitrogens with zero attached hydrogens (tertiary/aromatic N) is 5. The number of aromatic nitrogens is 3. The normalized spacial score (nSPS) is 20.6. The fourth-order valence-corrected chi connectivity index (χ4v) is 3.25. The van der Waals surface area contributed by atoms with Crippen molar-refractivity contribution >= 4 is 11.9 Å². The van der Waals surface area contributed by atoms with E-state index in [1.807, 2.05) is 18.4 Å². The molecule has 0 bridgehead atoms. The van der Waals surface area contributed by atoms with Crippen LogP contribution in [0.1, 0.15) is 31.9 Å². The third-order valence-corrected chi connectivity index (χ3v) is 4.67. The molecule has 1 saturated heterocycles. The summed E-state index contributed by atoms with van der Waals surface area (Å²) in [6, 6.07) is -0.194. The van der Waals surface area contributed by atoms with Gasteiger partial charge in [0.05, 0.1) is 25.8 Å². The summed E-state index contributed by atoms with van der Waals surface area (Å²) in [5, 5.41) is 11.4. The Morgan fingerprint density at radius 3 is 2.92 bits per heavy atom. The van der Waals surface area contributed by atoms with Crippen molar-refractivity contribution in [2.75, 3.05) is 26.8 Å². The molecule has 138 valence electrons. The largest absolute Gasteiger partial charge is 0.379 e. The summed E-state index contributed by atoms with van der Waals surface area (Å²) in [6.07, 6.45) is 1.09. The van der Waals surface area contributed by atoms with Gasteiger partial charge in [0.1, 0.15) is 5.82 Å². The van der Waals surface area contributed by atoms with Gasteiger partial charge in [-0.3, -0.25) is 4.79 Å². The van der Waals surface area contributed by atoms with E-state index in [1.54, 1.807) is 16.8 Å². The van der Waals surface area contributed by atoms with Gasteiger partial charge in [0.25, 0.3) is 0 Å². The topological polar surface area (TPSA) is 92.6 Å². The highest BCUT2D eigenvalue weighted by molar-refractivity contribution is 5.81. The van der Waals surface area contributed by atoms with Gasteiger partial charge in [-0.2, -0.15) is 0 Å². The van der Waals surface area contributed by atoms with E-state index in [1.165, 1.54) is 0 Å². The van der Waals surface area contributed by atoms with Gasteiger partial charge in [-0.15, -0.1) is 10.2 Å². The Hall–Kier alpha value is -2.16. The monoisotopic (exact) mass is 350 g/mol. The van der Waals surface area contributed by atoms with Gasteiger partial charge in [-0.25, -0.2) is 4.79 Å². The smallest absolute Gasteiger partial charge is 0.317 e. The molecule has 1 aromatic rings. The number of urea groups is 1. The van der Waals surface area contributed by atoms with Gasteiger partial charge in [-0.05, 0) is 13.8 Å². The number of rotatable bonds is 4. The number of likely N-dealkylation sites (tertiary alicyclic amines) is 1. The Labute approximate surface area is 147 Å². The summed E-state index contributed by atoms with van der Waals surface area (Å²) in [7, 11) is 1.72. The van der Waals surface area contributed by atoms with E-state index in [0.717, 1.165) is 18.1 Å². The Balaban J connectivity index is 1.57. The Morgan fingerprint density at radius 2 is 2.20 bits per heavy atom. The van der Waals surface area contributed by atoms with Crippen molar-refractivity contribution in [2.45, 2.75) is 51.9 Å². The average Bonchev–Trinajstić information content (AvgIpc) is 3.02. The maximum Gasteiger partial charge on any atom is 0.317 e. The zero-order valence-corrected chi connectivity index (χ0v) is 15.1. The minimum Gasteiger partial charge on any atom is -0.379 e. The van der Waals surface area contributed by atoms with Crippen LogP contribution in [-0.4, -0.2) is 75.4 Å². The number of hydrogen-bond acceptors (Lipinski definition) is 5. The lowest BCUT2D eigenvalue weighted by atomic mass is 10.2. The summed E-state index contributed by atoms with van der Waals surface area (Å²) < 4.78 is 7.48. The quantitative estimate of drug-likeness (QED) is 0.825. The molecular formula is C16H26N6O3.